The van der Waals surface area contributed by atoms with Crippen molar-refractivity contribution >= 4 is 5.97 Å². The fraction of sp³-hybridized carbons (Fsp3) is 0.556. The first-order valence-corrected chi connectivity index (χ1v) is 4.53. The van der Waals surface area contributed by atoms with Gasteiger partial charge in [-0.15, -0.1) is 0 Å². The van der Waals surface area contributed by atoms with Gasteiger partial charge in [0.1, 0.15) is 11.4 Å². The summed E-state index contributed by atoms with van der Waals surface area (Å²) < 4.78 is 47.4. The highest BCUT2D eigenvalue weighted by Crippen LogP contribution is 2.34. The molecule has 0 aliphatic carbocycles. The van der Waals surface area contributed by atoms with E-state index in [0.717, 1.165) is 25.0 Å². The number of hydrogen-bond acceptors (Lipinski definition) is 4. The van der Waals surface area contributed by atoms with Gasteiger partial charge in [-0.2, -0.15) is 18.3 Å². The highest BCUT2D eigenvalue weighted by molar-refractivity contribution is 5.87. The molecule has 0 amide bonds. The lowest BCUT2D eigenvalue weighted by Crippen LogP contribution is -2.23. The molecule has 5 nitrogen and oxygen atoms in total. The van der Waals surface area contributed by atoms with Gasteiger partial charge in [-0.25, -0.2) is 4.79 Å². The normalized spacial score (nSPS) is 13.5. The average molecular weight is 252 g/mol. The number of hydrogen-bond donors (Lipinski definition) is 0. The van der Waals surface area contributed by atoms with E-state index >= 15 is 0 Å². The number of nitrogens with zero attached hydrogens (tertiary/aromatic N) is 2. The number of alkyl halides is 3. The minimum Gasteiger partial charge on any atom is -0.464 e. The quantitative estimate of drug-likeness (QED) is 0.764. The van der Waals surface area contributed by atoms with Gasteiger partial charge in [0.15, 0.2) is 6.10 Å². The minimum absolute atomic E-state index is 0.0752. The van der Waals surface area contributed by atoms with Crippen molar-refractivity contribution in [2.24, 2.45) is 7.05 Å². The van der Waals surface area contributed by atoms with Gasteiger partial charge in [-0.1, -0.05) is 0 Å². The van der Waals surface area contributed by atoms with Crippen LogP contribution < -0.4 is 0 Å². The summed E-state index contributed by atoms with van der Waals surface area (Å²) >= 11 is 0. The van der Waals surface area contributed by atoms with Crippen LogP contribution in [-0.2, 0) is 16.5 Å². The Kier molecular flexibility index (Phi) is 3.76. The third-order valence-corrected chi connectivity index (χ3v) is 2.09. The molecule has 1 unspecified atom stereocenters. The number of aryl methyl sites for hydroxylation is 1. The lowest BCUT2D eigenvalue weighted by atomic mass is 10.2. The largest absolute Gasteiger partial charge is 0.464 e. The number of esters is 1. The summed E-state index contributed by atoms with van der Waals surface area (Å²) in [6, 6.07) is 0.994. The van der Waals surface area contributed by atoms with Crippen molar-refractivity contribution in [2.75, 3.05) is 14.2 Å². The Morgan fingerprint density at radius 3 is 2.47 bits per heavy atom. The van der Waals surface area contributed by atoms with E-state index in [1.165, 1.54) is 7.05 Å². The molecule has 0 radical (unpaired) electrons. The lowest BCUT2D eigenvalue weighted by molar-refractivity contribution is -0.217. The van der Waals surface area contributed by atoms with Crippen LogP contribution in [0.5, 0.6) is 0 Å². The van der Waals surface area contributed by atoms with Crippen molar-refractivity contribution in [3.8, 4) is 0 Å². The zero-order valence-corrected chi connectivity index (χ0v) is 9.41. The van der Waals surface area contributed by atoms with Crippen molar-refractivity contribution in [1.82, 2.24) is 9.78 Å². The standard InChI is InChI=1S/C9H11F3N2O3/c1-14-6(8(15)17-3)4-5(13-14)7(16-2)9(10,11)12/h4,7H,1-3H3. The van der Waals surface area contributed by atoms with Crippen molar-refractivity contribution in [3.63, 3.8) is 0 Å². The number of aromatic nitrogens is 2. The summed E-state index contributed by atoms with van der Waals surface area (Å²) in [5, 5.41) is 3.59. The summed E-state index contributed by atoms with van der Waals surface area (Å²) in [6.45, 7) is 0. The zero-order chi connectivity index (χ0) is 13.2. The summed E-state index contributed by atoms with van der Waals surface area (Å²) in [5.41, 5.74) is -0.461. The second-order valence-electron chi connectivity index (χ2n) is 3.23. The van der Waals surface area contributed by atoms with Crippen LogP contribution in [0.4, 0.5) is 13.2 Å². The summed E-state index contributed by atoms with van der Waals surface area (Å²) in [5.74, 6) is -0.761. The van der Waals surface area contributed by atoms with E-state index in [2.05, 4.69) is 14.6 Å². The fourth-order valence-corrected chi connectivity index (χ4v) is 1.34. The SMILES string of the molecule is COC(=O)c1cc(C(OC)C(F)(F)F)nn1C. The van der Waals surface area contributed by atoms with Crippen LogP contribution in [0.1, 0.15) is 22.3 Å². The molecule has 17 heavy (non-hydrogen) atoms. The average Bonchev–Trinajstić information content (AvgIpc) is 2.58. The van der Waals surface area contributed by atoms with Crippen LogP contribution in [-0.4, -0.2) is 36.1 Å². The Balaban J connectivity index is 3.12. The smallest absolute Gasteiger partial charge is 0.420 e. The molecule has 0 spiro atoms. The molecular formula is C9H11F3N2O3. The molecule has 0 saturated carbocycles. The highest BCUT2D eigenvalue weighted by Gasteiger charge is 2.43. The molecular weight excluding hydrogens is 241 g/mol. The number of carbonyl (C=O) groups excluding carboxylic acids is 1. The third kappa shape index (κ3) is 2.76. The molecule has 1 atom stereocenters. The van der Waals surface area contributed by atoms with Gasteiger partial charge in [-0.3, -0.25) is 4.68 Å². The van der Waals surface area contributed by atoms with E-state index in [0.29, 0.717) is 0 Å². The van der Waals surface area contributed by atoms with Crippen LogP contribution in [0.15, 0.2) is 6.07 Å². The van der Waals surface area contributed by atoms with E-state index in [1.54, 1.807) is 0 Å². The first kappa shape index (κ1) is 13.5. The van der Waals surface area contributed by atoms with E-state index < -0.39 is 18.2 Å². The van der Waals surface area contributed by atoms with Crippen LogP contribution in [0.2, 0.25) is 0 Å². The molecule has 1 rings (SSSR count). The van der Waals surface area contributed by atoms with E-state index in [1.807, 2.05) is 0 Å². The van der Waals surface area contributed by atoms with Crippen molar-refractivity contribution in [2.45, 2.75) is 12.3 Å². The van der Waals surface area contributed by atoms with Gasteiger partial charge in [0, 0.05) is 14.2 Å². The predicted molar refractivity (Wildman–Crippen MR) is 50.4 cm³/mol. The van der Waals surface area contributed by atoms with E-state index in [-0.39, 0.29) is 11.4 Å². The first-order valence-electron chi connectivity index (χ1n) is 4.53. The molecule has 1 aromatic heterocycles. The molecule has 0 aliphatic rings. The Labute approximate surface area is 95.1 Å². The van der Waals surface area contributed by atoms with Gasteiger partial charge in [0.05, 0.1) is 7.11 Å². The fourth-order valence-electron chi connectivity index (χ4n) is 1.34. The molecule has 0 saturated heterocycles. The Morgan fingerprint density at radius 2 is 2.06 bits per heavy atom. The van der Waals surface area contributed by atoms with Crippen LogP contribution >= 0.6 is 0 Å². The summed E-state index contributed by atoms with van der Waals surface area (Å²) in [7, 11) is 3.40. The maximum atomic E-state index is 12.5. The molecule has 0 bridgehead atoms. The number of methoxy groups -OCH3 is 2. The molecule has 96 valence electrons. The first-order chi connectivity index (χ1) is 7.81. The number of rotatable bonds is 3. The van der Waals surface area contributed by atoms with Gasteiger partial charge < -0.3 is 9.47 Å². The second kappa shape index (κ2) is 4.74. The number of halogens is 3. The molecule has 8 heteroatoms. The van der Waals surface area contributed by atoms with Gasteiger partial charge >= 0.3 is 12.1 Å². The maximum Gasteiger partial charge on any atom is 0.420 e. The second-order valence-corrected chi connectivity index (χ2v) is 3.23. The minimum atomic E-state index is -4.59. The molecule has 0 aliphatic heterocycles. The summed E-state index contributed by atoms with van der Waals surface area (Å²) in [4.78, 5) is 11.2. The monoisotopic (exact) mass is 252 g/mol. The third-order valence-electron chi connectivity index (χ3n) is 2.09. The maximum absolute atomic E-state index is 12.5. The van der Waals surface area contributed by atoms with Crippen molar-refractivity contribution < 1.29 is 27.4 Å². The predicted octanol–water partition coefficient (Wildman–Crippen LogP) is 1.46. The Bertz CT molecular complexity index is 414. The van der Waals surface area contributed by atoms with Crippen LogP contribution in [0.3, 0.4) is 0 Å². The Morgan fingerprint density at radius 1 is 1.47 bits per heavy atom. The summed E-state index contributed by atoms with van der Waals surface area (Å²) in [6.07, 6.45) is -6.75. The van der Waals surface area contributed by atoms with Crippen LogP contribution in [0.25, 0.3) is 0 Å². The van der Waals surface area contributed by atoms with Gasteiger partial charge in [-0.05, 0) is 6.07 Å². The van der Waals surface area contributed by atoms with Gasteiger partial charge in [0.2, 0.25) is 0 Å². The number of ether oxygens (including phenoxy) is 2. The number of carbonyl (C=O) groups is 1. The lowest BCUT2D eigenvalue weighted by Gasteiger charge is -2.15. The molecule has 1 aromatic rings. The van der Waals surface area contributed by atoms with Gasteiger partial charge in [0.25, 0.3) is 0 Å². The van der Waals surface area contributed by atoms with Crippen molar-refractivity contribution in [1.29, 1.82) is 0 Å². The van der Waals surface area contributed by atoms with E-state index in [9.17, 15) is 18.0 Å². The van der Waals surface area contributed by atoms with E-state index in [4.69, 9.17) is 0 Å². The topological polar surface area (TPSA) is 53.4 Å². The Hall–Kier alpha value is -1.57. The molecule has 1 heterocycles. The zero-order valence-electron chi connectivity index (χ0n) is 9.41. The molecule has 0 fully saturated rings. The van der Waals surface area contributed by atoms with Crippen molar-refractivity contribution in [3.05, 3.63) is 17.5 Å². The molecule has 0 aromatic carbocycles. The van der Waals surface area contributed by atoms with Crippen LogP contribution in [0, 0.1) is 0 Å². The highest BCUT2D eigenvalue weighted by atomic mass is 19.4. The molecule has 0 N–H and O–H groups in total.